The van der Waals surface area contributed by atoms with Crippen molar-refractivity contribution in [2.75, 3.05) is 11.9 Å². The topological polar surface area (TPSA) is 62.6 Å². The summed E-state index contributed by atoms with van der Waals surface area (Å²) < 4.78 is 5.21. The van der Waals surface area contributed by atoms with Crippen LogP contribution in [0, 0.1) is 0 Å². The number of hydrogen-bond donors (Lipinski definition) is 1. The van der Waals surface area contributed by atoms with Gasteiger partial charge in [0.2, 0.25) is 0 Å². The molecule has 142 valence electrons. The Morgan fingerprint density at radius 2 is 1.79 bits per heavy atom. The monoisotopic (exact) mass is 414 g/mol. The van der Waals surface area contributed by atoms with Gasteiger partial charge < -0.3 is 14.6 Å². The molecule has 2 aromatic carbocycles. The minimum Gasteiger partial charge on any atom is -0.459 e. The van der Waals surface area contributed by atoms with Crippen LogP contribution in [0.25, 0.3) is 0 Å². The van der Waals surface area contributed by atoms with Crippen molar-refractivity contribution in [2.24, 2.45) is 0 Å². The summed E-state index contributed by atoms with van der Waals surface area (Å²) in [5, 5.41) is 3.65. The molecule has 0 radical (unpaired) electrons. The van der Waals surface area contributed by atoms with Crippen LogP contribution >= 0.6 is 23.2 Å². The van der Waals surface area contributed by atoms with E-state index < -0.39 is 0 Å². The van der Waals surface area contributed by atoms with Crippen LogP contribution in [0.1, 0.15) is 32.0 Å². The lowest BCUT2D eigenvalue weighted by molar-refractivity contribution is 0.0702. The number of furan rings is 1. The summed E-state index contributed by atoms with van der Waals surface area (Å²) in [6.07, 6.45) is 2.24. The fourth-order valence-electron chi connectivity index (χ4n) is 3.25. The maximum absolute atomic E-state index is 12.5. The van der Waals surface area contributed by atoms with Gasteiger partial charge in [-0.15, -0.1) is 0 Å². The molecule has 0 bridgehead atoms. The number of rotatable bonds is 3. The zero-order chi connectivity index (χ0) is 19.7. The lowest BCUT2D eigenvalue weighted by Crippen LogP contribution is -2.35. The van der Waals surface area contributed by atoms with Gasteiger partial charge in [0.05, 0.1) is 6.26 Å². The average Bonchev–Trinajstić information content (AvgIpc) is 3.21. The second-order valence-corrected chi connectivity index (χ2v) is 7.42. The number of anilines is 1. The molecule has 0 spiro atoms. The van der Waals surface area contributed by atoms with Crippen LogP contribution in [0.5, 0.6) is 0 Å². The van der Waals surface area contributed by atoms with Crippen molar-refractivity contribution < 1.29 is 14.0 Å². The Bertz CT molecular complexity index is 1030. The third-order valence-electron chi connectivity index (χ3n) is 4.62. The van der Waals surface area contributed by atoms with Crippen molar-refractivity contribution >= 4 is 40.7 Å². The van der Waals surface area contributed by atoms with Crippen LogP contribution in [-0.2, 0) is 13.0 Å². The summed E-state index contributed by atoms with van der Waals surface area (Å²) in [5.74, 6) is -0.118. The van der Waals surface area contributed by atoms with E-state index in [-0.39, 0.29) is 11.8 Å². The van der Waals surface area contributed by atoms with Gasteiger partial charge >= 0.3 is 0 Å². The molecule has 4 rings (SSSR count). The molecule has 0 saturated heterocycles. The largest absolute Gasteiger partial charge is 0.459 e. The molecular weight excluding hydrogens is 399 g/mol. The second kappa shape index (κ2) is 7.70. The van der Waals surface area contributed by atoms with Crippen LogP contribution in [0.2, 0.25) is 10.0 Å². The summed E-state index contributed by atoms with van der Waals surface area (Å²) in [6, 6.07) is 13.8. The lowest BCUT2D eigenvalue weighted by atomic mass is 9.98. The smallest absolute Gasteiger partial charge is 0.289 e. The second-order valence-electron chi connectivity index (χ2n) is 6.55. The Morgan fingerprint density at radius 3 is 2.50 bits per heavy atom. The van der Waals surface area contributed by atoms with Gasteiger partial charge in [-0.2, -0.15) is 0 Å². The van der Waals surface area contributed by atoms with Crippen molar-refractivity contribution in [2.45, 2.75) is 13.0 Å². The van der Waals surface area contributed by atoms with E-state index >= 15 is 0 Å². The number of amides is 2. The molecule has 7 heteroatoms. The Kier molecular flexibility index (Phi) is 5.11. The molecule has 0 aliphatic carbocycles. The van der Waals surface area contributed by atoms with Crippen LogP contribution in [0.15, 0.2) is 59.2 Å². The molecule has 1 aromatic heterocycles. The first-order valence-electron chi connectivity index (χ1n) is 8.71. The Hall–Kier alpha value is -2.76. The first-order chi connectivity index (χ1) is 13.5. The quantitative estimate of drug-likeness (QED) is 0.652. The fraction of sp³-hybridized carbons (Fsp3) is 0.143. The number of nitrogens with one attached hydrogen (secondary N) is 1. The number of hydrogen-bond acceptors (Lipinski definition) is 3. The molecule has 0 atom stereocenters. The van der Waals surface area contributed by atoms with Crippen molar-refractivity contribution in [1.29, 1.82) is 0 Å². The molecule has 0 fully saturated rings. The molecule has 2 amide bonds. The molecule has 5 nitrogen and oxygen atoms in total. The molecule has 1 aliphatic rings. The van der Waals surface area contributed by atoms with E-state index in [4.69, 9.17) is 27.6 Å². The SMILES string of the molecule is O=C(Nc1ccc2c(c1)CN(C(=O)c1ccco1)CC2)c1cc(Cl)cc(Cl)c1. The molecule has 1 N–H and O–H groups in total. The van der Waals surface area contributed by atoms with Gasteiger partial charge in [0.15, 0.2) is 5.76 Å². The molecule has 3 aromatic rings. The lowest BCUT2D eigenvalue weighted by Gasteiger charge is -2.28. The van der Waals surface area contributed by atoms with E-state index in [1.165, 1.54) is 6.26 Å². The number of fused-ring (bicyclic) bond motifs is 1. The molecule has 0 saturated carbocycles. The van der Waals surface area contributed by atoms with E-state index in [0.717, 1.165) is 17.5 Å². The van der Waals surface area contributed by atoms with E-state index in [1.54, 1.807) is 35.2 Å². The number of nitrogens with zero attached hydrogens (tertiary/aromatic N) is 1. The van der Waals surface area contributed by atoms with E-state index in [0.29, 0.717) is 40.1 Å². The van der Waals surface area contributed by atoms with Gasteiger partial charge in [-0.3, -0.25) is 9.59 Å². The van der Waals surface area contributed by atoms with Crippen LogP contribution in [0.3, 0.4) is 0 Å². The van der Waals surface area contributed by atoms with Gasteiger partial charge in [0.25, 0.3) is 11.8 Å². The Balaban J connectivity index is 1.51. The molecule has 1 aliphatic heterocycles. The van der Waals surface area contributed by atoms with Crippen molar-refractivity contribution in [1.82, 2.24) is 4.90 Å². The third-order valence-corrected chi connectivity index (χ3v) is 5.06. The van der Waals surface area contributed by atoms with Crippen molar-refractivity contribution in [3.63, 3.8) is 0 Å². The van der Waals surface area contributed by atoms with E-state index in [9.17, 15) is 9.59 Å². The van der Waals surface area contributed by atoms with Crippen LogP contribution in [-0.4, -0.2) is 23.3 Å². The summed E-state index contributed by atoms with van der Waals surface area (Å²) in [6.45, 7) is 1.08. The van der Waals surface area contributed by atoms with Crippen molar-refractivity contribution in [3.8, 4) is 0 Å². The van der Waals surface area contributed by atoms with Gasteiger partial charge in [0, 0.05) is 34.4 Å². The van der Waals surface area contributed by atoms with Crippen LogP contribution < -0.4 is 5.32 Å². The van der Waals surface area contributed by atoms with Gasteiger partial charge in [-0.05, 0) is 60.0 Å². The predicted molar refractivity (Wildman–Crippen MR) is 108 cm³/mol. The number of halogens is 2. The van der Waals surface area contributed by atoms with Crippen LogP contribution in [0.4, 0.5) is 5.69 Å². The molecule has 0 unspecified atom stereocenters. The number of carbonyl (C=O) groups is 2. The minimum atomic E-state index is -0.302. The highest BCUT2D eigenvalue weighted by molar-refractivity contribution is 6.35. The van der Waals surface area contributed by atoms with E-state index in [2.05, 4.69) is 5.32 Å². The molecular formula is C21H16Cl2N2O3. The summed E-state index contributed by atoms with van der Waals surface area (Å²) in [5.41, 5.74) is 3.18. The average molecular weight is 415 g/mol. The fourth-order valence-corrected chi connectivity index (χ4v) is 3.78. The number of carbonyl (C=O) groups excluding carboxylic acids is 2. The van der Waals surface area contributed by atoms with Gasteiger partial charge in [-0.1, -0.05) is 29.3 Å². The maximum atomic E-state index is 12.5. The molecule has 2 heterocycles. The zero-order valence-corrected chi connectivity index (χ0v) is 16.3. The Labute approximate surface area is 171 Å². The third kappa shape index (κ3) is 3.91. The highest BCUT2D eigenvalue weighted by atomic mass is 35.5. The van der Waals surface area contributed by atoms with Gasteiger partial charge in [-0.25, -0.2) is 0 Å². The summed E-state index contributed by atoms with van der Waals surface area (Å²) >= 11 is 11.9. The zero-order valence-electron chi connectivity index (χ0n) is 14.7. The van der Waals surface area contributed by atoms with Gasteiger partial charge in [0.1, 0.15) is 0 Å². The normalized spacial score (nSPS) is 13.1. The standard InChI is InChI=1S/C21H16Cl2N2O3/c22-16-8-14(9-17(23)11-16)20(26)24-18-4-3-13-5-6-25(12-15(13)10-18)21(27)19-2-1-7-28-19/h1-4,7-11H,5-6,12H2,(H,24,26). The Morgan fingerprint density at radius 1 is 1.00 bits per heavy atom. The summed E-state index contributed by atoms with van der Waals surface area (Å²) in [4.78, 5) is 26.8. The maximum Gasteiger partial charge on any atom is 0.289 e. The van der Waals surface area contributed by atoms with E-state index in [1.807, 2.05) is 18.2 Å². The van der Waals surface area contributed by atoms with Crippen molar-refractivity contribution in [3.05, 3.63) is 87.3 Å². The highest BCUT2D eigenvalue weighted by Crippen LogP contribution is 2.25. The summed E-state index contributed by atoms with van der Waals surface area (Å²) in [7, 11) is 0. The highest BCUT2D eigenvalue weighted by Gasteiger charge is 2.23. The first kappa shape index (κ1) is 18.6. The number of benzene rings is 2. The predicted octanol–water partition coefficient (Wildman–Crippen LogP) is 5.04. The minimum absolute atomic E-state index is 0.140. The molecule has 28 heavy (non-hydrogen) atoms. The first-order valence-corrected chi connectivity index (χ1v) is 9.47.